The third kappa shape index (κ3) is 3.68. The number of rotatable bonds is 4. The maximum Gasteiger partial charge on any atom is 0.351 e. The minimum atomic E-state index is -0.514. The fourth-order valence-corrected chi connectivity index (χ4v) is 2.83. The van der Waals surface area contributed by atoms with Crippen LogP contribution in [0.25, 0.3) is 0 Å². The molecule has 0 spiro atoms. The molecular weight excluding hydrogens is 354 g/mol. The molecule has 0 fully saturated rings. The summed E-state index contributed by atoms with van der Waals surface area (Å²) in [6, 6.07) is 7.72. The Hall–Kier alpha value is -1.11. The summed E-state index contributed by atoms with van der Waals surface area (Å²) in [7, 11) is 1.29. The molecule has 4 nitrogen and oxygen atoms in total. The van der Waals surface area contributed by atoms with Gasteiger partial charge in [0, 0.05) is 4.47 Å². The Morgan fingerprint density at radius 3 is 3.00 bits per heavy atom. The molecule has 0 saturated carbocycles. The zero-order valence-electron chi connectivity index (χ0n) is 9.85. The van der Waals surface area contributed by atoms with Crippen molar-refractivity contribution < 1.29 is 14.3 Å². The van der Waals surface area contributed by atoms with Gasteiger partial charge in [-0.15, -0.1) is 0 Å². The number of hydrogen-bond donors (Lipinski definition) is 0. The van der Waals surface area contributed by atoms with Crippen molar-refractivity contribution in [3.05, 3.63) is 44.3 Å². The van der Waals surface area contributed by atoms with Crippen LogP contribution >= 0.6 is 38.9 Å². The van der Waals surface area contributed by atoms with Crippen molar-refractivity contribution in [1.29, 1.82) is 0 Å². The number of ether oxygens (including phenoxy) is 2. The van der Waals surface area contributed by atoms with Gasteiger partial charge in [-0.25, -0.2) is 4.79 Å². The number of methoxy groups -OCH3 is 1. The van der Waals surface area contributed by atoms with Gasteiger partial charge < -0.3 is 9.47 Å². The van der Waals surface area contributed by atoms with Gasteiger partial charge in [-0.1, -0.05) is 51.0 Å². The molecule has 0 saturated heterocycles. The van der Waals surface area contributed by atoms with Crippen LogP contribution in [-0.2, 0) is 11.3 Å². The second kappa shape index (κ2) is 6.36. The molecule has 100 valence electrons. The number of thiazole rings is 1. The molecule has 1 aromatic carbocycles. The van der Waals surface area contributed by atoms with Gasteiger partial charge in [0.05, 0.1) is 7.11 Å². The minimum Gasteiger partial charge on any atom is -0.465 e. The third-order valence-electron chi connectivity index (χ3n) is 2.19. The molecule has 0 N–H and O–H groups in total. The molecule has 7 heteroatoms. The largest absolute Gasteiger partial charge is 0.465 e. The fraction of sp³-hybridized carbons (Fsp3) is 0.167. The van der Waals surface area contributed by atoms with Crippen LogP contribution in [0.5, 0.6) is 5.19 Å². The Kier molecular flexibility index (Phi) is 4.79. The molecule has 0 aliphatic heterocycles. The van der Waals surface area contributed by atoms with Crippen LogP contribution in [0, 0.1) is 0 Å². The Labute approximate surface area is 127 Å². The lowest BCUT2D eigenvalue weighted by molar-refractivity contribution is 0.0606. The van der Waals surface area contributed by atoms with Gasteiger partial charge in [-0.05, 0) is 17.7 Å². The van der Waals surface area contributed by atoms with Gasteiger partial charge in [0.2, 0.25) is 0 Å². The standard InChI is InChI=1S/C12H9BrClNO3S/c1-17-11(16)9-10(14)15-12(19-9)18-6-7-3-2-4-8(13)5-7/h2-5H,6H2,1H3. The lowest BCUT2D eigenvalue weighted by Gasteiger charge is -2.02. The van der Waals surface area contributed by atoms with Crippen molar-refractivity contribution in [3.8, 4) is 5.19 Å². The van der Waals surface area contributed by atoms with Crippen LogP contribution in [0.1, 0.15) is 15.2 Å². The first-order valence-electron chi connectivity index (χ1n) is 5.22. The highest BCUT2D eigenvalue weighted by molar-refractivity contribution is 9.10. The minimum absolute atomic E-state index is 0.0982. The smallest absolute Gasteiger partial charge is 0.351 e. The van der Waals surface area contributed by atoms with Gasteiger partial charge >= 0.3 is 5.97 Å². The average Bonchev–Trinajstić information content (AvgIpc) is 2.77. The van der Waals surface area contributed by atoms with Gasteiger partial charge in [0.15, 0.2) is 10.0 Å². The van der Waals surface area contributed by atoms with E-state index in [2.05, 4.69) is 25.7 Å². The van der Waals surface area contributed by atoms with E-state index in [1.54, 1.807) is 0 Å². The van der Waals surface area contributed by atoms with Crippen molar-refractivity contribution in [1.82, 2.24) is 4.98 Å². The van der Waals surface area contributed by atoms with E-state index in [4.69, 9.17) is 16.3 Å². The Balaban J connectivity index is 2.06. The molecule has 0 aliphatic rings. The second-order valence-electron chi connectivity index (χ2n) is 3.51. The molecule has 0 atom stereocenters. The number of carbonyl (C=O) groups is 1. The lowest BCUT2D eigenvalue weighted by Crippen LogP contribution is -1.98. The highest BCUT2D eigenvalue weighted by Crippen LogP contribution is 2.29. The summed E-state index contributed by atoms with van der Waals surface area (Å²) in [5.74, 6) is -0.514. The second-order valence-corrected chi connectivity index (χ2v) is 5.75. The Morgan fingerprint density at radius 2 is 2.32 bits per heavy atom. The zero-order chi connectivity index (χ0) is 13.8. The molecule has 1 aromatic heterocycles. The average molecular weight is 363 g/mol. The van der Waals surface area contributed by atoms with Crippen molar-refractivity contribution in [2.45, 2.75) is 6.61 Å². The van der Waals surface area contributed by atoms with E-state index >= 15 is 0 Å². The summed E-state index contributed by atoms with van der Waals surface area (Å²) in [4.78, 5) is 15.6. The number of aromatic nitrogens is 1. The highest BCUT2D eigenvalue weighted by atomic mass is 79.9. The van der Waals surface area contributed by atoms with Crippen molar-refractivity contribution in [2.75, 3.05) is 7.11 Å². The van der Waals surface area contributed by atoms with E-state index in [-0.39, 0.29) is 10.0 Å². The van der Waals surface area contributed by atoms with E-state index in [0.29, 0.717) is 11.8 Å². The summed E-state index contributed by atoms with van der Waals surface area (Å²) in [5.41, 5.74) is 0.986. The number of nitrogens with zero attached hydrogens (tertiary/aromatic N) is 1. The Bertz CT molecular complexity index is 602. The van der Waals surface area contributed by atoms with E-state index in [9.17, 15) is 4.79 Å². The van der Waals surface area contributed by atoms with Crippen LogP contribution in [-0.4, -0.2) is 18.1 Å². The first-order valence-corrected chi connectivity index (χ1v) is 7.21. The van der Waals surface area contributed by atoms with E-state index in [0.717, 1.165) is 21.4 Å². The fourth-order valence-electron chi connectivity index (χ4n) is 1.34. The van der Waals surface area contributed by atoms with Crippen LogP contribution in [0.15, 0.2) is 28.7 Å². The summed E-state index contributed by atoms with van der Waals surface area (Å²) < 4.78 is 11.1. The maximum atomic E-state index is 11.4. The number of esters is 1. The predicted octanol–water partition coefficient (Wildman–Crippen LogP) is 3.92. The molecule has 1 heterocycles. The molecule has 0 amide bonds. The van der Waals surface area contributed by atoms with E-state index < -0.39 is 5.97 Å². The van der Waals surface area contributed by atoms with Crippen LogP contribution in [0.3, 0.4) is 0 Å². The molecular formula is C12H9BrClNO3S. The number of benzene rings is 1. The maximum absolute atomic E-state index is 11.4. The van der Waals surface area contributed by atoms with Gasteiger partial charge in [0.25, 0.3) is 5.19 Å². The third-order valence-corrected chi connectivity index (χ3v) is 4.02. The van der Waals surface area contributed by atoms with Gasteiger partial charge in [0.1, 0.15) is 6.61 Å². The molecule has 0 radical (unpaired) electrons. The predicted molar refractivity (Wildman–Crippen MR) is 76.9 cm³/mol. The molecule has 2 aromatic rings. The van der Waals surface area contributed by atoms with Gasteiger partial charge in [-0.3, -0.25) is 0 Å². The van der Waals surface area contributed by atoms with Crippen LogP contribution < -0.4 is 4.74 Å². The Morgan fingerprint density at radius 1 is 1.53 bits per heavy atom. The molecule has 2 rings (SSSR count). The molecule has 0 aliphatic carbocycles. The number of hydrogen-bond acceptors (Lipinski definition) is 5. The first-order chi connectivity index (χ1) is 9.10. The van der Waals surface area contributed by atoms with Crippen LogP contribution in [0.4, 0.5) is 0 Å². The van der Waals surface area contributed by atoms with Crippen LogP contribution in [0.2, 0.25) is 5.15 Å². The highest BCUT2D eigenvalue weighted by Gasteiger charge is 2.18. The normalized spacial score (nSPS) is 10.3. The quantitative estimate of drug-likeness (QED) is 0.773. The summed E-state index contributed by atoms with van der Waals surface area (Å²) in [6.45, 7) is 0.351. The topological polar surface area (TPSA) is 48.4 Å². The summed E-state index contributed by atoms with van der Waals surface area (Å²) in [6.07, 6.45) is 0. The zero-order valence-corrected chi connectivity index (χ0v) is 13.0. The first kappa shape index (κ1) is 14.3. The van der Waals surface area contributed by atoms with Crippen molar-refractivity contribution >= 4 is 44.8 Å². The monoisotopic (exact) mass is 361 g/mol. The number of carbonyl (C=O) groups excluding carboxylic acids is 1. The summed E-state index contributed by atoms with van der Waals surface area (Å²) >= 11 is 10.3. The van der Waals surface area contributed by atoms with E-state index in [1.807, 2.05) is 24.3 Å². The summed E-state index contributed by atoms with van der Waals surface area (Å²) in [5, 5.41) is 0.437. The van der Waals surface area contributed by atoms with Gasteiger partial charge in [-0.2, -0.15) is 4.98 Å². The van der Waals surface area contributed by atoms with Crippen molar-refractivity contribution in [2.24, 2.45) is 0 Å². The lowest BCUT2D eigenvalue weighted by atomic mass is 10.2. The van der Waals surface area contributed by atoms with Crippen molar-refractivity contribution in [3.63, 3.8) is 0 Å². The molecule has 19 heavy (non-hydrogen) atoms. The molecule has 0 bridgehead atoms. The molecule has 0 unspecified atom stereocenters. The van der Waals surface area contributed by atoms with E-state index in [1.165, 1.54) is 7.11 Å². The number of halogens is 2. The SMILES string of the molecule is COC(=O)c1sc(OCc2cccc(Br)c2)nc1Cl.